The van der Waals surface area contributed by atoms with Gasteiger partial charge < -0.3 is 25.5 Å². The Labute approximate surface area is 250 Å². The first kappa shape index (κ1) is 33.9. The lowest BCUT2D eigenvalue weighted by Crippen LogP contribution is -2.39. The fourth-order valence-electron chi connectivity index (χ4n) is 4.45. The number of aryl methyl sites for hydroxylation is 1. The minimum absolute atomic E-state index is 0.108. The second-order valence-corrected chi connectivity index (χ2v) is 12.4. The van der Waals surface area contributed by atoms with E-state index in [4.69, 9.17) is 22.2 Å². The Bertz CT molecular complexity index is 1300. The summed E-state index contributed by atoms with van der Waals surface area (Å²) in [4.78, 5) is 13.5. The van der Waals surface area contributed by atoms with E-state index in [1.807, 2.05) is 52.1 Å². The standard InChI is InChI=1S/C31H49N7O2S/c1-18(2)28(38(34)19(3)4)21(6)24(32)17-37(33)27-14-22(13-12-20(27)5)30(39)35-25-15-23(31(7,8)9)16-26(36-41-11)29(25)40-10/h12-19,36H,32-34H2,1-11H3,(H,35,39)/b24-17-,28-21+. The van der Waals surface area contributed by atoms with Crippen LogP contribution in [0.3, 0.4) is 0 Å². The van der Waals surface area contributed by atoms with E-state index in [0.717, 1.165) is 28.1 Å². The fourth-order valence-corrected chi connectivity index (χ4v) is 4.82. The molecule has 226 valence electrons. The molecule has 0 aliphatic carbocycles. The number of methoxy groups -OCH3 is 1. The molecule has 2 rings (SSSR count). The van der Waals surface area contributed by atoms with Gasteiger partial charge in [0.05, 0.1) is 29.9 Å². The van der Waals surface area contributed by atoms with Gasteiger partial charge >= 0.3 is 0 Å². The average molecular weight is 584 g/mol. The van der Waals surface area contributed by atoms with Gasteiger partial charge in [0.25, 0.3) is 5.91 Å². The molecule has 9 nitrogen and oxygen atoms in total. The summed E-state index contributed by atoms with van der Waals surface area (Å²) in [6.45, 7) is 18.4. The van der Waals surface area contributed by atoms with Crippen LogP contribution in [0.2, 0.25) is 0 Å². The van der Waals surface area contributed by atoms with Crippen molar-refractivity contribution in [1.82, 2.24) is 5.01 Å². The molecule has 8 N–H and O–H groups in total. The fraction of sp³-hybridized carbons (Fsp3) is 0.452. The summed E-state index contributed by atoms with van der Waals surface area (Å²) in [6, 6.07) is 9.49. The number of nitrogens with zero attached hydrogens (tertiary/aromatic N) is 2. The molecule has 1 amide bonds. The van der Waals surface area contributed by atoms with Gasteiger partial charge in [-0.1, -0.05) is 52.6 Å². The number of ether oxygens (including phenoxy) is 1. The largest absolute Gasteiger partial charge is 0.492 e. The quantitative estimate of drug-likeness (QED) is 0.0902. The molecule has 0 aromatic heterocycles. The van der Waals surface area contributed by atoms with Gasteiger partial charge in [-0.3, -0.25) is 9.80 Å². The van der Waals surface area contributed by atoms with E-state index in [1.165, 1.54) is 17.0 Å². The molecule has 2 aromatic rings. The summed E-state index contributed by atoms with van der Waals surface area (Å²) < 4.78 is 8.95. The zero-order chi connectivity index (χ0) is 31.2. The maximum atomic E-state index is 13.5. The van der Waals surface area contributed by atoms with E-state index >= 15 is 0 Å². The third-order valence-electron chi connectivity index (χ3n) is 6.85. The molecular formula is C31H49N7O2S. The molecule has 0 bridgehead atoms. The molecule has 0 spiro atoms. The molecule has 0 radical (unpaired) electrons. The van der Waals surface area contributed by atoms with Crippen LogP contribution in [0.1, 0.15) is 76.9 Å². The van der Waals surface area contributed by atoms with Crippen LogP contribution in [0.15, 0.2) is 53.5 Å². The van der Waals surface area contributed by atoms with Crippen molar-refractivity contribution in [2.75, 3.05) is 28.4 Å². The van der Waals surface area contributed by atoms with Gasteiger partial charge in [0.1, 0.15) is 0 Å². The number of hydrazine groups is 2. The normalized spacial score (nSPS) is 12.8. The number of rotatable bonds is 11. The molecule has 0 fully saturated rings. The Morgan fingerprint density at radius 3 is 2.20 bits per heavy atom. The summed E-state index contributed by atoms with van der Waals surface area (Å²) in [5.74, 6) is 13.3. The van der Waals surface area contributed by atoms with Crippen molar-refractivity contribution in [1.29, 1.82) is 0 Å². The first-order valence-corrected chi connectivity index (χ1v) is 15.0. The lowest BCUT2D eigenvalue weighted by atomic mass is 9.86. The number of allylic oxidation sites excluding steroid dienone is 2. The average Bonchev–Trinajstić information content (AvgIpc) is 2.87. The Morgan fingerprint density at radius 1 is 1.07 bits per heavy atom. The number of nitrogens with one attached hydrogen (secondary N) is 2. The molecule has 0 aliphatic heterocycles. The van der Waals surface area contributed by atoms with Crippen molar-refractivity contribution in [2.24, 2.45) is 23.3 Å². The molecule has 2 aromatic carbocycles. The van der Waals surface area contributed by atoms with Gasteiger partial charge in [0, 0.05) is 29.8 Å². The number of hydrogen-bond donors (Lipinski definition) is 5. The summed E-state index contributed by atoms with van der Waals surface area (Å²) in [5.41, 5.74) is 13.0. The highest BCUT2D eigenvalue weighted by Gasteiger charge is 2.22. The number of benzene rings is 2. The Morgan fingerprint density at radius 2 is 1.68 bits per heavy atom. The minimum Gasteiger partial charge on any atom is -0.492 e. The van der Waals surface area contributed by atoms with Crippen molar-refractivity contribution < 1.29 is 9.53 Å². The second kappa shape index (κ2) is 14.0. The van der Waals surface area contributed by atoms with Gasteiger partial charge in [0.2, 0.25) is 0 Å². The van der Waals surface area contributed by atoms with Gasteiger partial charge in [-0.05, 0) is 80.0 Å². The van der Waals surface area contributed by atoms with Gasteiger partial charge in [-0.25, -0.2) is 11.7 Å². The minimum atomic E-state index is -0.287. The van der Waals surface area contributed by atoms with Crippen molar-refractivity contribution in [2.45, 2.75) is 73.8 Å². The highest BCUT2D eigenvalue weighted by atomic mass is 32.2. The molecule has 41 heavy (non-hydrogen) atoms. The topological polar surface area (TPSA) is 135 Å². The Balaban J connectivity index is 2.49. The van der Waals surface area contributed by atoms with E-state index in [-0.39, 0.29) is 23.3 Å². The molecule has 0 heterocycles. The maximum absolute atomic E-state index is 13.5. The van der Waals surface area contributed by atoms with Gasteiger partial charge in [-0.15, -0.1) is 0 Å². The van der Waals surface area contributed by atoms with Crippen LogP contribution < -0.4 is 37.2 Å². The Hall–Kier alpha value is -3.34. The lowest BCUT2D eigenvalue weighted by molar-refractivity contribution is 0.102. The number of carbonyl (C=O) groups excluding carboxylic acids is 1. The number of amides is 1. The summed E-state index contributed by atoms with van der Waals surface area (Å²) in [7, 11) is 1.59. The smallest absolute Gasteiger partial charge is 0.255 e. The molecule has 0 aliphatic rings. The van der Waals surface area contributed by atoms with Crippen LogP contribution >= 0.6 is 11.9 Å². The molecule has 0 saturated carbocycles. The SMILES string of the molecule is COc1c(NSC)cc(C(C)(C)C)cc1NC(=O)c1ccc(C)c(N(N)/C=C(N)/C(C)=C(\C(C)C)N(N)C(C)C)c1. The first-order valence-electron chi connectivity index (χ1n) is 13.7. The molecular weight excluding hydrogens is 534 g/mol. The third-order valence-corrected chi connectivity index (χ3v) is 7.27. The zero-order valence-electron chi connectivity index (χ0n) is 26.5. The molecule has 0 saturated heterocycles. The van der Waals surface area contributed by atoms with Crippen molar-refractivity contribution in [3.8, 4) is 5.75 Å². The van der Waals surface area contributed by atoms with Crippen molar-refractivity contribution in [3.63, 3.8) is 0 Å². The van der Waals surface area contributed by atoms with Crippen LogP contribution in [-0.4, -0.2) is 30.3 Å². The number of nitrogens with two attached hydrogens (primary N) is 3. The Kier molecular flexibility index (Phi) is 11.6. The van der Waals surface area contributed by atoms with Gasteiger partial charge in [0.15, 0.2) is 5.75 Å². The first-order chi connectivity index (χ1) is 19.0. The predicted molar refractivity (Wildman–Crippen MR) is 176 cm³/mol. The predicted octanol–water partition coefficient (Wildman–Crippen LogP) is 6.24. The van der Waals surface area contributed by atoms with Crippen LogP contribution in [0, 0.1) is 12.8 Å². The van der Waals surface area contributed by atoms with Crippen LogP contribution in [0.4, 0.5) is 17.1 Å². The van der Waals surface area contributed by atoms with E-state index < -0.39 is 0 Å². The lowest BCUT2D eigenvalue weighted by Gasteiger charge is -2.31. The summed E-state index contributed by atoms with van der Waals surface area (Å²) in [5, 5.41) is 6.23. The highest BCUT2D eigenvalue weighted by Crippen LogP contribution is 2.40. The van der Waals surface area contributed by atoms with Crippen LogP contribution in [0.5, 0.6) is 5.75 Å². The second-order valence-electron chi connectivity index (χ2n) is 11.8. The van der Waals surface area contributed by atoms with E-state index in [9.17, 15) is 4.79 Å². The molecule has 10 heteroatoms. The van der Waals surface area contributed by atoms with Crippen LogP contribution in [0.25, 0.3) is 0 Å². The van der Waals surface area contributed by atoms with Crippen molar-refractivity contribution >= 4 is 34.9 Å². The number of carbonyl (C=O) groups is 1. The van der Waals surface area contributed by atoms with Gasteiger partial charge in [-0.2, -0.15) is 0 Å². The number of anilines is 3. The monoisotopic (exact) mass is 583 g/mol. The van der Waals surface area contributed by atoms with E-state index in [0.29, 0.717) is 28.4 Å². The number of hydrogen-bond acceptors (Lipinski definition) is 9. The summed E-state index contributed by atoms with van der Waals surface area (Å²) >= 11 is 1.46. The van der Waals surface area contributed by atoms with Crippen molar-refractivity contribution in [3.05, 3.63) is 70.2 Å². The maximum Gasteiger partial charge on any atom is 0.255 e. The van der Waals surface area contributed by atoms with E-state index in [1.54, 1.807) is 30.5 Å². The summed E-state index contributed by atoms with van der Waals surface area (Å²) in [6.07, 6.45) is 3.60. The highest BCUT2D eigenvalue weighted by molar-refractivity contribution is 7.99. The molecule has 0 unspecified atom stereocenters. The molecule has 0 atom stereocenters. The third kappa shape index (κ3) is 8.34. The zero-order valence-corrected chi connectivity index (χ0v) is 27.3. The van der Waals surface area contributed by atoms with Crippen LogP contribution in [-0.2, 0) is 5.41 Å². The van der Waals surface area contributed by atoms with E-state index in [2.05, 4.69) is 44.7 Å².